The minimum atomic E-state index is 0.741. The van der Waals surface area contributed by atoms with E-state index in [1.165, 1.54) is 0 Å². The maximum Gasteiger partial charge on any atom is 0.137 e. The number of hydrogen-bond donors (Lipinski definition) is 1. The number of methoxy groups -OCH3 is 2. The molecule has 0 radical (unpaired) electrons. The van der Waals surface area contributed by atoms with E-state index in [0.717, 1.165) is 37.8 Å². The Morgan fingerprint density at radius 2 is 2.12 bits per heavy atom. The van der Waals surface area contributed by atoms with Crippen molar-refractivity contribution in [3.8, 4) is 5.75 Å². The Kier molecular flexibility index (Phi) is 6.35. The van der Waals surface area contributed by atoms with Crippen molar-refractivity contribution < 1.29 is 9.47 Å². The highest BCUT2D eigenvalue weighted by molar-refractivity contribution is 5.39. The fraction of sp³-hybridized carbons (Fsp3) is 0.583. The summed E-state index contributed by atoms with van der Waals surface area (Å²) >= 11 is 0. The van der Waals surface area contributed by atoms with Gasteiger partial charge >= 0.3 is 0 Å². The van der Waals surface area contributed by atoms with E-state index < -0.39 is 0 Å². The Balaban J connectivity index is 2.28. The summed E-state index contributed by atoms with van der Waals surface area (Å²) in [6.07, 6.45) is 1.73. The highest BCUT2D eigenvalue weighted by Crippen LogP contribution is 2.13. The highest BCUT2D eigenvalue weighted by atomic mass is 16.5. The number of nitrogens with one attached hydrogen (secondary N) is 1. The molecule has 17 heavy (non-hydrogen) atoms. The first-order valence-electron chi connectivity index (χ1n) is 5.68. The summed E-state index contributed by atoms with van der Waals surface area (Å²) in [7, 11) is 5.36. The fourth-order valence-electron chi connectivity index (χ4n) is 1.38. The van der Waals surface area contributed by atoms with Gasteiger partial charge in [0.2, 0.25) is 0 Å². The van der Waals surface area contributed by atoms with Gasteiger partial charge in [0.15, 0.2) is 0 Å². The van der Waals surface area contributed by atoms with Crippen molar-refractivity contribution in [2.45, 2.75) is 0 Å². The van der Waals surface area contributed by atoms with Crippen LogP contribution in [0.4, 0.5) is 5.82 Å². The average molecular weight is 239 g/mol. The van der Waals surface area contributed by atoms with Crippen molar-refractivity contribution in [2.24, 2.45) is 0 Å². The molecular formula is C12H21N3O2. The summed E-state index contributed by atoms with van der Waals surface area (Å²) < 4.78 is 10.0. The molecule has 0 spiro atoms. The smallest absolute Gasteiger partial charge is 0.137 e. The normalized spacial score (nSPS) is 10.3. The summed E-state index contributed by atoms with van der Waals surface area (Å²) in [5.41, 5.74) is 0. The van der Waals surface area contributed by atoms with Crippen molar-refractivity contribution in [1.82, 2.24) is 10.3 Å². The second kappa shape index (κ2) is 7.86. The number of anilines is 1. The third kappa shape index (κ3) is 5.01. The van der Waals surface area contributed by atoms with E-state index in [-0.39, 0.29) is 0 Å². The molecule has 0 aliphatic heterocycles. The predicted molar refractivity (Wildman–Crippen MR) is 68.8 cm³/mol. The standard InChI is InChI=1S/C12H21N3O2/c1-15(8-6-13-7-9-16-2)12-5-4-11(17-3)10-14-12/h4-5,10,13H,6-9H2,1-3H3. The van der Waals surface area contributed by atoms with Gasteiger partial charge in [-0.15, -0.1) is 0 Å². The second-order valence-corrected chi connectivity index (χ2v) is 3.72. The van der Waals surface area contributed by atoms with Crippen molar-refractivity contribution in [3.63, 3.8) is 0 Å². The van der Waals surface area contributed by atoms with Gasteiger partial charge in [0.05, 0.1) is 19.9 Å². The van der Waals surface area contributed by atoms with Gasteiger partial charge in [0.1, 0.15) is 11.6 Å². The zero-order chi connectivity index (χ0) is 12.5. The molecule has 1 aromatic heterocycles. The molecule has 0 atom stereocenters. The van der Waals surface area contributed by atoms with Gasteiger partial charge in [0.25, 0.3) is 0 Å². The second-order valence-electron chi connectivity index (χ2n) is 3.72. The molecule has 0 fully saturated rings. The summed E-state index contributed by atoms with van der Waals surface area (Å²) in [5, 5.41) is 3.29. The lowest BCUT2D eigenvalue weighted by atomic mass is 10.4. The van der Waals surface area contributed by atoms with Crippen LogP contribution in [0.1, 0.15) is 0 Å². The molecule has 1 N–H and O–H groups in total. The lowest BCUT2D eigenvalue weighted by Gasteiger charge is -2.18. The minimum Gasteiger partial charge on any atom is -0.495 e. The van der Waals surface area contributed by atoms with Crippen LogP contribution in [0.5, 0.6) is 5.75 Å². The first kappa shape index (κ1) is 13.7. The quantitative estimate of drug-likeness (QED) is 0.679. The maximum atomic E-state index is 5.07. The summed E-state index contributed by atoms with van der Waals surface area (Å²) in [5.74, 6) is 1.72. The van der Waals surface area contributed by atoms with Gasteiger partial charge in [-0.2, -0.15) is 0 Å². The highest BCUT2D eigenvalue weighted by Gasteiger charge is 2.01. The van der Waals surface area contributed by atoms with E-state index in [4.69, 9.17) is 9.47 Å². The van der Waals surface area contributed by atoms with E-state index in [0.29, 0.717) is 0 Å². The molecular weight excluding hydrogens is 218 g/mol. The van der Waals surface area contributed by atoms with Crippen LogP contribution in [0.15, 0.2) is 18.3 Å². The summed E-state index contributed by atoms with van der Waals surface area (Å²) in [6.45, 7) is 3.43. The molecule has 1 rings (SSSR count). The molecule has 1 aromatic rings. The van der Waals surface area contributed by atoms with Gasteiger partial charge in [0, 0.05) is 33.8 Å². The average Bonchev–Trinajstić information content (AvgIpc) is 2.38. The Labute approximate surface area is 103 Å². The predicted octanol–water partition coefficient (Wildman–Crippen LogP) is 0.762. The number of pyridine rings is 1. The fourth-order valence-corrected chi connectivity index (χ4v) is 1.38. The van der Waals surface area contributed by atoms with Crippen LogP contribution < -0.4 is 15.0 Å². The van der Waals surface area contributed by atoms with Gasteiger partial charge in [-0.25, -0.2) is 4.98 Å². The van der Waals surface area contributed by atoms with Crippen LogP contribution in [0.2, 0.25) is 0 Å². The molecule has 96 valence electrons. The molecule has 0 aromatic carbocycles. The van der Waals surface area contributed by atoms with E-state index >= 15 is 0 Å². The Morgan fingerprint density at radius 3 is 2.71 bits per heavy atom. The van der Waals surface area contributed by atoms with E-state index in [1.807, 2.05) is 19.2 Å². The van der Waals surface area contributed by atoms with Crippen molar-refractivity contribution in [3.05, 3.63) is 18.3 Å². The SMILES string of the molecule is COCCNCCN(C)c1ccc(OC)cn1. The molecule has 0 amide bonds. The van der Waals surface area contributed by atoms with Gasteiger partial charge in [-0.05, 0) is 12.1 Å². The molecule has 0 bridgehead atoms. The van der Waals surface area contributed by atoms with Crippen molar-refractivity contribution in [2.75, 3.05) is 52.4 Å². The molecule has 0 unspecified atom stereocenters. The molecule has 0 aliphatic rings. The molecule has 0 aliphatic carbocycles. The minimum absolute atomic E-state index is 0.741. The molecule has 5 nitrogen and oxygen atoms in total. The monoisotopic (exact) mass is 239 g/mol. The Hall–Kier alpha value is -1.33. The third-order valence-corrected chi connectivity index (χ3v) is 2.45. The number of likely N-dealkylation sites (N-methyl/N-ethyl adjacent to an activating group) is 1. The van der Waals surface area contributed by atoms with Gasteiger partial charge in [-0.1, -0.05) is 0 Å². The van der Waals surface area contributed by atoms with Crippen LogP contribution in [-0.4, -0.2) is 52.5 Å². The van der Waals surface area contributed by atoms with Crippen LogP contribution in [0.25, 0.3) is 0 Å². The third-order valence-electron chi connectivity index (χ3n) is 2.45. The van der Waals surface area contributed by atoms with Crippen molar-refractivity contribution >= 4 is 5.82 Å². The number of nitrogens with zero attached hydrogens (tertiary/aromatic N) is 2. The first-order valence-corrected chi connectivity index (χ1v) is 5.68. The zero-order valence-corrected chi connectivity index (χ0v) is 10.8. The molecule has 0 saturated heterocycles. The molecule has 5 heteroatoms. The van der Waals surface area contributed by atoms with E-state index in [1.54, 1.807) is 20.4 Å². The van der Waals surface area contributed by atoms with Crippen LogP contribution >= 0.6 is 0 Å². The summed E-state index contributed by atoms with van der Waals surface area (Å²) in [6, 6.07) is 3.87. The number of ether oxygens (including phenoxy) is 2. The lowest BCUT2D eigenvalue weighted by Crippen LogP contribution is -2.31. The van der Waals surface area contributed by atoms with E-state index in [9.17, 15) is 0 Å². The summed E-state index contributed by atoms with van der Waals surface area (Å²) in [4.78, 5) is 6.41. The zero-order valence-electron chi connectivity index (χ0n) is 10.8. The van der Waals surface area contributed by atoms with E-state index in [2.05, 4.69) is 15.2 Å². The molecule has 1 heterocycles. The van der Waals surface area contributed by atoms with Crippen LogP contribution in [0.3, 0.4) is 0 Å². The topological polar surface area (TPSA) is 46.6 Å². The Bertz CT molecular complexity index is 303. The van der Waals surface area contributed by atoms with Crippen LogP contribution in [0, 0.1) is 0 Å². The molecule has 0 saturated carbocycles. The number of rotatable bonds is 8. The number of aromatic nitrogens is 1. The first-order chi connectivity index (χ1) is 8.27. The van der Waals surface area contributed by atoms with Crippen molar-refractivity contribution in [1.29, 1.82) is 0 Å². The maximum absolute atomic E-state index is 5.07. The van der Waals surface area contributed by atoms with Gasteiger partial charge < -0.3 is 19.7 Å². The van der Waals surface area contributed by atoms with Crippen LogP contribution in [-0.2, 0) is 4.74 Å². The lowest BCUT2D eigenvalue weighted by molar-refractivity contribution is 0.200. The number of hydrogen-bond acceptors (Lipinski definition) is 5. The van der Waals surface area contributed by atoms with Gasteiger partial charge in [-0.3, -0.25) is 0 Å². The Morgan fingerprint density at radius 1 is 1.29 bits per heavy atom. The largest absolute Gasteiger partial charge is 0.495 e.